The minimum Gasteiger partial charge on any atom is -0.305 e. The number of hydrogen-bond acceptors (Lipinski definition) is 3. The number of aromatic nitrogens is 2. The number of anilines is 1. The molecule has 1 unspecified atom stereocenters. The number of carbonyl (C=O) groups excluding carboxylic acids is 1. The van der Waals surface area contributed by atoms with E-state index in [9.17, 15) is 9.00 Å². The van der Waals surface area contributed by atoms with Gasteiger partial charge in [0.25, 0.3) is 0 Å². The van der Waals surface area contributed by atoms with Crippen LogP contribution in [0.5, 0.6) is 0 Å². The Hall–Kier alpha value is -2.19. The van der Waals surface area contributed by atoms with Crippen LogP contribution in [0.3, 0.4) is 0 Å². The van der Waals surface area contributed by atoms with E-state index >= 15 is 0 Å². The molecule has 7 nitrogen and oxygen atoms in total. The van der Waals surface area contributed by atoms with Crippen molar-refractivity contribution in [1.82, 2.24) is 9.78 Å². The van der Waals surface area contributed by atoms with Gasteiger partial charge in [-0.2, -0.15) is 5.10 Å². The van der Waals surface area contributed by atoms with Crippen LogP contribution in [0.1, 0.15) is 35.1 Å². The number of nitrogens with two attached hydrogens (primary N) is 1. The lowest BCUT2D eigenvalue weighted by atomic mass is 9.99. The first kappa shape index (κ1) is 16.3. The molecule has 2 amide bonds. The predicted octanol–water partition coefficient (Wildman–Crippen LogP) is 2.33. The zero-order valence-electron chi connectivity index (χ0n) is 14.1. The molecule has 0 spiro atoms. The van der Waals surface area contributed by atoms with Gasteiger partial charge < -0.3 is 5.32 Å². The third-order valence-corrected chi connectivity index (χ3v) is 6.17. The molecule has 2 aliphatic carbocycles. The van der Waals surface area contributed by atoms with E-state index < -0.39 is 15.9 Å². The molecule has 132 valence electrons. The number of hydrogen-bond donors (Lipinski definition) is 2. The molecule has 1 aromatic carbocycles. The minimum atomic E-state index is -3.36. The number of amides is 2. The Labute approximate surface area is 146 Å². The van der Waals surface area contributed by atoms with Crippen molar-refractivity contribution >= 4 is 21.6 Å². The van der Waals surface area contributed by atoms with E-state index in [0.29, 0.717) is 0 Å². The monoisotopic (exact) mass is 359 g/mol. The van der Waals surface area contributed by atoms with E-state index in [4.69, 9.17) is 5.14 Å². The van der Waals surface area contributed by atoms with Gasteiger partial charge in [-0.25, -0.2) is 14.1 Å². The molecule has 1 aromatic heterocycles. The predicted molar refractivity (Wildman–Crippen MR) is 95.7 cm³/mol. The fourth-order valence-corrected chi connectivity index (χ4v) is 4.70. The number of urea groups is 1. The highest BCUT2D eigenvalue weighted by Crippen LogP contribution is 2.38. The highest BCUT2D eigenvalue weighted by atomic mass is 32.2. The van der Waals surface area contributed by atoms with Crippen LogP contribution < -0.4 is 10.5 Å². The lowest BCUT2D eigenvalue weighted by molar-refractivity contribution is 0.260. The molecular formula is C17H21N5O2S. The molecule has 2 aromatic rings. The highest BCUT2D eigenvalue weighted by Gasteiger charge is 2.25. The Morgan fingerprint density at radius 1 is 1.24 bits per heavy atom. The Morgan fingerprint density at radius 3 is 2.44 bits per heavy atom. The molecule has 0 saturated heterocycles. The maximum Gasteiger partial charge on any atom is 0.354 e. The van der Waals surface area contributed by atoms with E-state index in [1.807, 2.05) is 0 Å². The summed E-state index contributed by atoms with van der Waals surface area (Å²) in [5.74, 6) is 0. The van der Waals surface area contributed by atoms with Crippen LogP contribution >= 0.6 is 0 Å². The SMILES string of the molecule is Cn1ccc(S(N)(=O)=NC(=O)Nc2c3c(cc4c2CCC4)CCC3)n1. The van der Waals surface area contributed by atoms with Gasteiger partial charge in [0.1, 0.15) is 0 Å². The van der Waals surface area contributed by atoms with E-state index in [2.05, 4.69) is 20.8 Å². The minimum absolute atomic E-state index is 0.105. The standard InChI is InChI=1S/C17H21N5O2S/c1-22-9-8-15(20-22)25(18,24)21-17(23)19-16-13-6-2-4-11(13)10-12-5-3-7-14(12)16/h8-10H,2-7H2,1H3,(H3,18,19,21,23,24). The Bertz CT molecular complexity index is 953. The maximum absolute atomic E-state index is 12.5. The van der Waals surface area contributed by atoms with Gasteiger partial charge in [-0.15, -0.1) is 4.36 Å². The van der Waals surface area contributed by atoms with Gasteiger partial charge in [0.15, 0.2) is 14.9 Å². The zero-order chi connectivity index (χ0) is 17.6. The van der Waals surface area contributed by atoms with Crippen molar-refractivity contribution < 1.29 is 9.00 Å². The number of aryl methyl sites for hydroxylation is 3. The molecule has 4 rings (SSSR count). The van der Waals surface area contributed by atoms with E-state index in [1.54, 1.807) is 13.2 Å². The largest absolute Gasteiger partial charge is 0.354 e. The van der Waals surface area contributed by atoms with Crippen molar-refractivity contribution in [2.75, 3.05) is 5.32 Å². The molecule has 0 fully saturated rings. The zero-order valence-corrected chi connectivity index (χ0v) is 14.9. The van der Waals surface area contributed by atoms with E-state index in [-0.39, 0.29) is 5.03 Å². The lowest BCUT2D eigenvalue weighted by Crippen LogP contribution is -2.19. The first-order valence-electron chi connectivity index (χ1n) is 8.46. The molecule has 1 heterocycles. The van der Waals surface area contributed by atoms with Crippen LogP contribution in [-0.2, 0) is 42.6 Å². The number of fused-ring (bicyclic) bond motifs is 2. The number of nitrogens with zero attached hydrogens (tertiary/aromatic N) is 3. The molecule has 0 radical (unpaired) electrons. The molecular weight excluding hydrogens is 338 g/mol. The van der Waals surface area contributed by atoms with Crippen LogP contribution in [-0.4, -0.2) is 20.0 Å². The first-order valence-corrected chi connectivity index (χ1v) is 10.0. The molecule has 3 N–H and O–H groups in total. The molecule has 0 bridgehead atoms. The van der Waals surface area contributed by atoms with E-state index in [1.165, 1.54) is 33.0 Å². The van der Waals surface area contributed by atoms with Gasteiger partial charge in [0.2, 0.25) is 0 Å². The normalized spacial score (nSPS) is 17.7. The Morgan fingerprint density at radius 2 is 1.88 bits per heavy atom. The van der Waals surface area contributed by atoms with Gasteiger partial charge in [-0.3, -0.25) is 4.68 Å². The molecule has 0 aliphatic heterocycles. The second kappa shape index (κ2) is 5.96. The summed E-state index contributed by atoms with van der Waals surface area (Å²) in [6.07, 6.45) is 7.81. The van der Waals surface area contributed by atoms with Crippen molar-refractivity contribution in [2.24, 2.45) is 16.5 Å². The van der Waals surface area contributed by atoms with Crippen molar-refractivity contribution in [3.8, 4) is 0 Å². The second-order valence-electron chi connectivity index (χ2n) is 6.65. The topological polar surface area (TPSA) is 102 Å². The molecule has 8 heteroatoms. The average Bonchev–Trinajstić information content (AvgIpc) is 3.25. The lowest BCUT2D eigenvalue weighted by Gasteiger charge is -2.15. The summed E-state index contributed by atoms with van der Waals surface area (Å²) in [6, 6.07) is 3.13. The van der Waals surface area contributed by atoms with Crippen LogP contribution in [0, 0.1) is 0 Å². The average molecular weight is 359 g/mol. The molecule has 0 saturated carbocycles. The number of benzene rings is 1. The van der Waals surface area contributed by atoms with E-state index in [0.717, 1.165) is 44.2 Å². The van der Waals surface area contributed by atoms with Crippen molar-refractivity contribution in [1.29, 1.82) is 0 Å². The summed E-state index contributed by atoms with van der Waals surface area (Å²) < 4.78 is 17.7. The Balaban J connectivity index is 1.68. The van der Waals surface area contributed by atoms with Gasteiger partial charge in [-0.05, 0) is 66.8 Å². The third-order valence-electron chi connectivity index (χ3n) is 4.91. The fourth-order valence-electron chi connectivity index (χ4n) is 3.82. The highest BCUT2D eigenvalue weighted by molar-refractivity contribution is 7.91. The van der Waals surface area contributed by atoms with Crippen LogP contribution in [0.25, 0.3) is 0 Å². The van der Waals surface area contributed by atoms with Crippen LogP contribution in [0.2, 0.25) is 0 Å². The van der Waals surface area contributed by atoms with Crippen molar-refractivity contribution in [3.63, 3.8) is 0 Å². The molecule has 1 atom stereocenters. The van der Waals surface area contributed by atoms with Gasteiger partial charge in [-0.1, -0.05) is 6.07 Å². The summed E-state index contributed by atoms with van der Waals surface area (Å²) in [5.41, 5.74) is 5.90. The van der Waals surface area contributed by atoms with Crippen molar-refractivity contribution in [2.45, 2.75) is 43.6 Å². The summed E-state index contributed by atoms with van der Waals surface area (Å²) >= 11 is 0. The number of nitrogens with one attached hydrogen (secondary N) is 1. The summed E-state index contributed by atoms with van der Waals surface area (Å²) in [6.45, 7) is 0. The summed E-state index contributed by atoms with van der Waals surface area (Å²) in [5, 5.41) is 12.7. The molecule has 25 heavy (non-hydrogen) atoms. The maximum atomic E-state index is 12.5. The number of rotatable bonds is 2. The fraction of sp³-hybridized carbons (Fsp3) is 0.412. The molecule has 2 aliphatic rings. The smallest absolute Gasteiger partial charge is 0.305 e. The second-order valence-corrected chi connectivity index (χ2v) is 8.39. The van der Waals surface area contributed by atoms with Gasteiger partial charge in [0.05, 0.1) is 0 Å². The van der Waals surface area contributed by atoms with Gasteiger partial charge >= 0.3 is 6.03 Å². The van der Waals surface area contributed by atoms with Gasteiger partial charge in [0, 0.05) is 18.9 Å². The van der Waals surface area contributed by atoms with Crippen molar-refractivity contribution in [3.05, 3.63) is 40.6 Å². The summed E-state index contributed by atoms with van der Waals surface area (Å²) in [7, 11) is -1.67. The van der Waals surface area contributed by atoms with Crippen LogP contribution in [0.4, 0.5) is 10.5 Å². The Kier molecular flexibility index (Phi) is 3.88. The van der Waals surface area contributed by atoms with Crippen LogP contribution in [0.15, 0.2) is 27.7 Å². The first-order chi connectivity index (χ1) is 11.9. The quantitative estimate of drug-likeness (QED) is 0.860. The summed E-state index contributed by atoms with van der Waals surface area (Å²) in [4.78, 5) is 12.4. The number of carbonyl (C=O) groups is 1. The third kappa shape index (κ3) is 2.96.